The van der Waals surface area contributed by atoms with Gasteiger partial charge in [-0.3, -0.25) is 0 Å². The van der Waals surface area contributed by atoms with Crippen LogP contribution in [0.1, 0.15) is 42.2 Å². The maximum Gasteiger partial charge on any atom is 0.0934 e. The van der Waals surface area contributed by atoms with Crippen molar-refractivity contribution in [2.45, 2.75) is 44.2 Å². The van der Waals surface area contributed by atoms with Gasteiger partial charge in [-0.05, 0) is 49.5 Å². The molecule has 1 aliphatic carbocycles. The summed E-state index contributed by atoms with van der Waals surface area (Å²) in [6.45, 7) is 0. The monoisotopic (exact) mass is 287 g/mol. The van der Waals surface area contributed by atoms with Crippen LogP contribution in [0.15, 0.2) is 6.07 Å². The molecular formula is C13H18ClNS2. The Morgan fingerprint density at radius 3 is 3.06 bits per heavy atom. The highest BCUT2D eigenvalue weighted by Crippen LogP contribution is 2.38. The number of nitrogens with one attached hydrogen (secondary N) is 1. The standard InChI is InChI=1S/C13H18ClNS2/c14-13-7-10-11(4-1-5-12(10)17-13)15-9-3-2-6-16-8-9/h7,9,11,15H,1-6,8H2. The molecule has 0 bridgehead atoms. The Bertz CT molecular complexity index is 385. The van der Waals surface area contributed by atoms with Crippen LogP contribution in [0.5, 0.6) is 0 Å². The highest BCUT2D eigenvalue weighted by Gasteiger charge is 2.25. The molecule has 1 N–H and O–H groups in total. The Morgan fingerprint density at radius 1 is 1.29 bits per heavy atom. The summed E-state index contributed by atoms with van der Waals surface area (Å²) >= 11 is 10.0. The summed E-state index contributed by atoms with van der Waals surface area (Å²) in [5.74, 6) is 2.63. The van der Waals surface area contributed by atoms with Crippen molar-refractivity contribution >= 4 is 34.7 Å². The molecule has 0 spiro atoms. The average Bonchev–Trinajstić information content (AvgIpc) is 2.72. The molecule has 2 unspecified atom stereocenters. The van der Waals surface area contributed by atoms with Crippen molar-refractivity contribution in [2.75, 3.05) is 11.5 Å². The minimum absolute atomic E-state index is 0.561. The Morgan fingerprint density at radius 2 is 2.24 bits per heavy atom. The number of thioether (sulfide) groups is 1. The van der Waals surface area contributed by atoms with Crippen molar-refractivity contribution in [3.8, 4) is 0 Å². The molecule has 2 aliphatic rings. The number of hydrogen-bond acceptors (Lipinski definition) is 3. The first-order chi connectivity index (χ1) is 8.33. The highest BCUT2D eigenvalue weighted by atomic mass is 35.5. The van der Waals surface area contributed by atoms with Gasteiger partial charge in [0.1, 0.15) is 0 Å². The third-order valence-corrected chi connectivity index (χ3v) is 6.24. The zero-order valence-corrected chi connectivity index (χ0v) is 12.3. The van der Waals surface area contributed by atoms with Gasteiger partial charge in [-0.2, -0.15) is 11.8 Å². The number of halogens is 1. The molecule has 1 nitrogen and oxygen atoms in total. The van der Waals surface area contributed by atoms with Crippen LogP contribution in [-0.2, 0) is 6.42 Å². The van der Waals surface area contributed by atoms with Crippen LogP contribution < -0.4 is 5.32 Å². The van der Waals surface area contributed by atoms with Crippen molar-refractivity contribution in [1.82, 2.24) is 5.32 Å². The van der Waals surface area contributed by atoms with Gasteiger partial charge in [-0.1, -0.05) is 11.6 Å². The number of fused-ring (bicyclic) bond motifs is 1. The van der Waals surface area contributed by atoms with Crippen molar-refractivity contribution in [3.05, 3.63) is 20.8 Å². The molecule has 2 atom stereocenters. The van der Waals surface area contributed by atoms with Crippen LogP contribution >= 0.6 is 34.7 Å². The Balaban J connectivity index is 1.71. The number of rotatable bonds is 2. The van der Waals surface area contributed by atoms with E-state index in [2.05, 4.69) is 23.1 Å². The predicted octanol–water partition coefficient (Wildman–Crippen LogP) is 4.26. The second kappa shape index (κ2) is 5.52. The van der Waals surface area contributed by atoms with Gasteiger partial charge in [0, 0.05) is 22.7 Å². The molecule has 1 aromatic heterocycles. The van der Waals surface area contributed by atoms with Crippen molar-refractivity contribution < 1.29 is 0 Å². The quantitative estimate of drug-likeness (QED) is 0.872. The van der Waals surface area contributed by atoms with E-state index in [1.54, 1.807) is 11.3 Å². The van der Waals surface area contributed by atoms with Crippen molar-refractivity contribution in [1.29, 1.82) is 0 Å². The fraction of sp³-hybridized carbons (Fsp3) is 0.692. The Kier molecular flexibility index (Phi) is 4.00. The predicted molar refractivity (Wildman–Crippen MR) is 78.5 cm³/mol. The maximum atomic E-state index is 6.15. The summed E-state index contributed by atoms with van der Waals surface area (Å²) < 4.78 is 0.960. The van der Waals surface area contributed by atoms with E-state index in [1.807, 2.05) is 0 Å². The van der Waals surface area contributed by atoms with Crippen LogP contribution in [0, 0.1) is 0 Å². The topological polar surface area (TPSA) is 12.0 Å². The maximum absolute atomic E-state index is 6.15. The van der Waals surface area contributed by atoms with Gasteiger partial charge in [-0.15, -0.1) is 11.3 Å². The molecule has 94 valence electrons. The molecule has 1 saturated heterocycles. The first-order valence-electron chi connectivity index (χ1n) is 6.45. The molecule has 1 fully saturated rings. The van der Waals surface area contributed by atoms with E-state index in [9.17, 15) is 0 Å². The molecule has 2 heterocycles. The lowest BCUT2D eigenvalue weighted by Gasteiger charge is -2.30. The Hall–Kier alpha value is 0.300. The minimum Gasteiger partial charge on any atom is -0.306 e. The smallest absolute Gasteiger partial charge is 0.0934 e. The molecule has 0 saturated carbocycles. The number of hydrogen-bond donors (Lipinski definition) is 1. The van der Waals surface area contributed by atoms with Gasteiger partial charge in [0.15, 0.2) is 0 Å². The summed E-state index contributed by atoms with van der Waals surface area (Å²) in [6.07, 6.45) is 6.52. The van der Waals surface area contributed by atoms with Crippen LogP contribution in [0.3, 0.4) is 0 Å². The third-order valence-electron chi connectivity index (χ3n) is 3.68. The van der Waals surface area contributed by atoms with E-state index in [0.717, 1.165) is 4.34 Å². The second-order valence-corrected chi connectivity index (χ2v) is 7.87. The molecule has 0 radical (unpaired) electrons. The normalized spacial score (nSPS) is 29.0. The zero-order valence-electron chi connectivity index (χ0n) is 9.88. The second-order valence-electron chi connectivity index (χ2n) is 4.95. The SMILES string of the molecule is Clc1cc2c(s1)CCCC2NC1CCCSC1. The lowest BCUT2D eigenvalue weighted by atomic mass is 9.93. The number of aryl methyl sites for hydroxylation is 1. The van der Waals surface area contributed by atoms with Crippen LogP contribution in [-0.4, -0.2) is 17.5 Å². The molecule has 0 aromatic carbocycles. The molecule has 17 heavy (non-hydrogen) atoms. The van der Waals surface area contributed by atoms with Gasteiger partial charge in [0.2, 0.25) is 0 Å². The molecule has 0 amide bonds. The van der Waals surface area contributed by atoms with Crippen LogP contribution in [0.2, 0.25) is 4.34 Å². The van der Waals surface area contributed by atoms with Gasteiger partial charge in [-0.25, -0.2) is 0 Å². The van der Waals surface area contributed by atoms with Crippen LogP contribution in [0.25, 0.3) is 0 Å². The fourth-order valence-corrected chi connectivity index (χ4v) is 5.32. The molecule has 3 rings (SSSR count). The van der Waals surface area contributed by atoms with E-state index in [1.165, 1.54) is 54.1 Å². The van der Waals surface area contributed by atoms with E-state index in [0.29, 0.717) is 12.1 Å². The summed E-state index contributed by atoms with van der Waals surface area (Å²) in [4.78, 5) is 1.52. The number of thiophene rings is 1. The van der Waals surface area contributed by atoms with E-state index in [-0.39, 0.29) is 0 Å². The largest absolute Gasteiger partial charge is 0.306 e. The molecule has 1 aromatic rings. The fourth-order valence-electron chi connectivity index (χ4n) is 2.85. The summed E-state index contributed by atoms with van der Waals surface area (Å²) in [5, 5.41) is 3.85. The summed E-state index contributed by atoms with van der Waals surface area (Å²) in [7, 11) is 0. The molecule has 4 heteroatoms. The summed E-state index contributed by atoms with van der Waals surface area (Å²) in [5.41, 5.74) is 1.49. The van der Waals surface area contributed by atoms with Gasteiger partial charge in [0.25, 0.3) is 0 Å². The molecule has 1 aliphatic heterocycles. The lowest BCUT2D eigenvalue weighted by Crippen LogP contribution is -2.37. The van der Waals surface area contributed by atoms with Crippen LogP contribution in [0.4, 0.5) is 0 Å². The minimum atomic E-state index is 0.561. The highest BCUT2D eigenvalue weighted by molar-refractivity contribution is 7.99. The van der Waals surface area contributed by atoms with E-state index >= 15 is 0 Å². The Labute approximate surface area is 116 Å². The third kappa shape index (κ3) is 2.83. The zero-order chi connectivity index (χ0) is 11.7. The summed E-state index contributed by atoms with van der Waals surface area (Å²) in [6, 6.07) is 3.46. The van der Waals surface area contributed by atoms with Gasteiger partial charge >= 0.3 is 0 Å². The first-order valence-corrected chi connectivity index (χ1v) is 8.80. The van der Waals surface area contributed by atoms with E-state index in [4.69, 9.17) is 11.6 Å². The first kappa shape index (κ1) is 12.3. The van der Waals surface area contributed by atoms with Crippen molar-refractivity contribution in [3.63, 3.8) is 0 Å². The molecular weight excluding hydrogens is 270 g/mol. The van der Waals surface area contributed by atoms with E-state index < -0.39 is 0 Å². The van der Waals surface area contributed by atoms with Gasteiger partial charge in [0.05, 0.1) is 4.34 Å². The lowest BCUT2D eigenvalue weighted by molar-refractivity contribution is 0.396. The average molecular weight is 288 g/mol. The van der Waals surface area contributed by atoms with Crippen molar-refractivity contribution in [2.24, 2.45) is 0 Å². The van der Waals surface area contributed by atoms with Gasteiger partial charge < -0.3 is 5.32 Å².